The van der Waals surface area contributed by atoms with Crippen molar-refractivity contribution in [2.24, 2.45) is 0 Å². The summed E-state index contributed by atoms with van der Waals surface area (Å²) in [5.41, 5.74) is 0.773. The molecule has 0 atom stereocenters. The van der Waals surface area contributed by atoms with Crippen LogP contribution in [0.2, 0.25) is 0 Å². The average molecular weight is 264 g/mol. The predicted molar refractivity (Wildman–Crippen MR) is 78.6 cm³/mol. The largest absolute Gasteiger partial charge is 0.497 e. The number of anilines is 1. The number of benzene rings is 1. The number of amides is 1. The van der Waals surface area contributed by atoms with Crippen LogP contribution in [0.25, 0.3) is 0 Å². The lowest BCUT2D eigenvalue weighted by molar-refractivity contribution is -0.116. The van der Waals surface area contributed by atoms with Crippen LogP contribution in [0.15, 0.2) is 24.3 Å². The number of hydrogen-bond donors (Lipinski definition) is 2. The summed E-state index contributed by atoms with van der Waals surface area (Å²) in [6.45, 7) is 3.89. The monoisotopic (exact) mass is 264 g/mol. The Morgan fingerprint density at radius 1 is 1.26 bits per heavy atom. The molecule has 0 aliphatic heterocycles. The van der Waals surface area contributed by atoms with Crippen LogP contribution in [0.3, 0.4) is 0 Å². The maximum absolute atomic E-state index is 11.7. The molecule has 0 saturated carbocycles. The molecule has 106 valence electrons. The van der Waals surface area contributed by atoms with Gasteiger partial charge in [-0.25, -0.2) is 0 Å². The lowest BCUT2D eigenvalue weighted by atomic mass is 10.2. The molecule has 0 spiro atoms. The van der Waals surface area contributed by atoms with Gasteiger partial charge in [0.05, 0.1) is 7.11 Å². The van der Waals surface area contributed by atoms with Gasteiger partial charge in [0.1, 0.15) is 5.75 Å². The molecule has 0 bridgehead atoms. The summed E-state index contributed by atoms with van der Waals surface area (Å²) in [6.07, 6.45) is 4.12. The zero-order valence-corrected chi connectivity index (χ0v) is 11.9. The normalized spacial score (nSPS) is 10.2. The van der Waals surface area contributed by atoms with Gasteiger partial charge in [0.2, 0.25) is 5.91 Å². The van der Waals surface area contributed by atoms with Crippen molar-refractivity contribution < 1.29 is 9.53 Å². The third-order valence-electron chi connectivity index (χ3n) is 2.84. The first-order valence-electron chi connectivity index (χ1n) is 6.91. The lowest BCUT2D eigenvalue weighted by Gasteiger charge is -2.07. The minimum absolute atomic E-state index is 0.0243. The smallest absolute Gasteiger partial charge is 0.225 e. The van der Waals surface area contributed by atoms with E-state index in [0.29, 0.717) is 6.42 Å². The molecule has 0 aliphatic carbocycles. The van der Waals surface area contributed by atoms with E-state index in [0.717, 1.165) is 24.5 Å². The summed E-state index contributed by atoms with van der Waals surface area (Å²) in [5, 5.41) is 6.13. The van der Waals surface area contributed by atoms with E-state index >= 15 is 0 Å². The Balaban J connectivity index is 2.19. The first kappa shape index (κ1) is 15.5. The highest BCUT2D eigenvalue weighted by Crippen LogP contribution is 2.16. The molecule has 0 heterocycles. The minimum atomic E-state index is 0.0243. The van der Waals surface area contributed by atoms with Crippen molar-refractivity contribution in [1.82, 2.24) is 5.32 Å². The van der Waals surface area contributed by atoms with Crippen LogP contribution in [0.4, 0.5) is 5.69 Å². The number of unbranched alkanes of at least 4 members (excludes halogenated alkanes) is 2. The fourth-order valence-corrected chi connectivity index (χ4v) is 1.75. The average Bonchev–Trinajstić information content (AvgIpc) is 2.43. The van der Waals surface area contributed by atoms with Crippen molar-refractivity contribution in [2.45, 2.75) is 32.6 Å². The molecule has 1 amide bonds. The zero-order valence-electron chi connectivity index (χ0n) is 11.9. The van der Waals surface area contributed by atoms with Gasteiger partial charge in [-0.1, -0.05) is 25.8 Å². The quantitative estimate of drug-likeness (QED) is 0.674. The third-order valence-corrected chi connectivity index (χ3v) is 2.84. The van der Waals surface area contributed by atoms with E-state index in [4.69, 9.17) is 4.74 Å². The number of methoxy groups -OCH3 is 1. The van der Waals surface area contributed by atoms with Gasteiger partial charge in [0, 0.05) is 24.7 Å². The van der Waals surface area contributed by atoms with Gasteiger partial charge in [0.15, 0.2) is 0 Å². The topological polar surface area (TPSA) is 50.4 Å². The van der Waals surface area contributed by atoms with Crippen molar-refractivity contribution >= 4 is 11.6 Å². The highest BCUT2D eigenvalue weighted by Gasteiger charge is 2.02. The molecular weight excluding hydrogens is 240 g/mol. The highest BCUT2D eigenvalue weighted by molar-refractivity contribution is 5.90. The Hall–Kier alpha value is -1.55. The number of rotatable bonds is 9. The SMILES string of the molecule is CCCCCNCCC(=O)Nc1cccc(OC)c1. The fraction of sp³-hybridized carbons (Fsp3) is 0.533. The predicted octanol–water partition coefficient (Wildman–Crippen LogP) is 2.80. The molecule has 1 aromatic carbocycles. The summed E-state index contributed by atoms with van der Waals surface area (Å²) >= 11 is 0. The molecule has 1 rings (SSSR count). The second-order valence-electron chi connectivity index (χ2n) is 4.49. The second kappa shape index (κ2) is 9.39. The number of nitrogens with one attached hydrogen (secondary N) is 2. The first-order chi connectivity index (χ1) is 9.26. The number of carbonyl (C=O) groups is 1. The highest BCUT2D eigenvalue weighted by atomic mass is 16.5. The van der Waals surface area contributed by atoms with Crippen molar-refractivity contribution in [3.8, 4) is 5.75 Å². The standard InChI is InChI=1S/C15H24N2O2/c1-3-4-5-10-16-11-9-15(18)17-13-7-6-8-14(12-13)19-2/h6-8,12,16H,3-5,9-11H2,1-2H3,(H,17,18). The van der Waals surface area contributed by atoms with E-state index in [1.54, 1.807) is 7.11 Å². The Morgan fingerprint density at radius 2 is 2.11 bits per heavy atom. The summed E-state index contributed by atoms with van der Waals surface area (Å²) in [4.78, 5) is 11.7. The van der Waals surface area contributed by atoms with Crippen LogP contribution >= 0.6 is 0 Å². The molecule has 4 nitrogen and oxygen atoms in total. The summed E-state index contributed by atoms with van der Waals surface area (Å²) < 4.78 is 5.11. The first-order valence-corrected chi connectivity index (χ1v) is 6.91. The molecule has 1 aromatic rings. The van der Waals surface area contributed by atoms with Crippen LogP contribution in [0, 0.1) is 0 Å². The Morgan fingerprint density at radius 3 is 2.84 bits per heavy atom. The van der Waals surface area contributed by atoms with E-state index in [-0.39, 0.29) is 5.91 Å². The lowest BCUT2D eigenvalue weighted by Crippen LogP contribution is -2.22. The minimum Gasteiger partial charge on any atom is -0.497 e. The van der Waals surface area contributed by atoms with Crippen molar-refractivity contribution in [1.29, 1.82) is 0 Å². The van der Waals surface area contributed by atoms with E-state index in [9.17, 15) is 4.79 Å². The van der Waals surface area contributed by atoms with E-state index in [1.807, 2.05) is 24.3 Å². The van der Waals surface area contributed by atoms with Gasteiger partial charge in [0.25, 0.3) is 0 Å². The zero-order chi connectivity index (χ0) is 13.9. The van der Waals surface area contributed by atoms with Crippen LogP contribution in [-0.2, 0) is 4.79 Å². The van der Waals surface area contributed by atoms with Gasteiger partial charge >= 0.3 is 0 Å². The van der Waals surface area contributed by atoms with Crippen molar-refractivity contribution in [2.75, 3.05) is 25.5 Å². The van der Waals surface area contributed by atoms with Gasteiger partial charge in [-0.05, 0) is 25.1 Å². The van der Waals surface area contributed by atoms with Gasteiger partial charge in [-0.15, -0.1) is 0 Å². The molecule has 0 aromatic heterocycles. The summed E-state index contributed by atoms with van der Waals surface area (Å²) in [5.74, 6) is 0.770. The molecule has 0 radical (unpaired) electrons. The van der Waals surface area contributed by atoms with E-state index < -0.39 is 0 Å². The molecule has 19 heavy (non-hydrogen) atoms. The van der Waals surface area contributed by atoms with Crippen LogP contribution in [-0.4, -0.2) is 26.1 Å². The van der Waals surface area contributed by atoms with E-state index in [2.05, 4.69) is 17.6 Å². The number of carbonyl (C=O) groups excluding carboxylic acids is 1. The van der Waals surface area contributed by atoms with Crippen molar-refractivity contribution in [3.05, 3.63) is 24.3 Å². The van der Waals surface area contributed by atoms with Crippen LogP contribution < -0.4 is 15.4 Å². The molecule has 4 heteroatoms. The molecule has 0 aliphatic rings. The number of ether oxygens (including phenoxy) is 1. The maximum Gasteiger partial charge on any atom is 0.225 e. The van der Waals surface area contributed by atoms with Crippen molar-refractivity contribution in [3.63, 3.8) is 0 Å². The van der Waals surface area contributed by atoms with Crippen LogP contribution in [0.5, 0.6) is 5.75 Å². The molecular formula is C15H24N2O2. The Bertz CT molecular complexity index is 380. The second-order valence-corrected chi connectivity index (χ2v) is 4.49. The van der Waals surface area contributed by atoms with Gasteiger partial charge in [-0.2, -0.15) is 0 Å². The molecule has 0 saturated heterocycles. The molecule has 0 unspecified atom stereocenters. The maximum atomic E-state index is 11.7. The van der Waals surface area contributed by atoms with E-state index in [1.165, 1.54) is 19.3 Å². The summed E-state index contributed by atoms with van der Waals surface area (Å²) in [7, 11) is 1.61. The van der Waals surface area contributed by atoms with Crippen LogP contribution in [0.1, 0.15) is 32.6 Å². The Labute approximate surface area is 115 Å². The summed E-state index contributed by atoms with van der Waals surface area (Å²) in [6, 6.07) is 7.38. The third kappa shape index (κ3) is 6.82. The van der Waals surface area contributed by atoms with Gasteiger partial charge in [-0.3, -0.25) is 4.79 Å². The van der Waals surface area contributed by atoms with Gasteiger partial charge < -0.3 is 15.4 Å². The number of hydrogen-bond acceptors (Lipinski definition) is 3. The molecule has 2 N–H and O–H groups in total. The Kier molecular flexibility index (Phi) is 7.66. The fourth-order valence-electron chi connectivity index (χ4n) is 1.75. The molecule has 0 fully saturated rings.